The fourth-order valence-electron chi connectivity index (χ4n) is 3.16. The second kappa shape index (κ2) is 5.56. The summed E-state index contributed by atoms with van der Waals surface area (Å²) in [6.07, 6.45) is 3.97. The third-order valence-corrected chi connectivity index (χ3v) is 4.69. The molecule has 106 valence electrons. The lowest BCUT2D eigenvalue weighted by atomic mass is 9.78. The van der Waals surface area contributed by atoms with Crippen LogP contribution in [-0.4, -0.2) is 6.04 Å². The average molecular weight is 259 g/mol. The number of benzene rings is 1. The van der Waals surface area contributed by atoms with Gasteiger partial charge in [-0.3, -0.25) is 0 Å². The third-order valence-electron chi connectivity index (χ3n) is 4.69. The van der Waals surface area contributed by atoms with Crippen molar-refractivity contribution in [2.45, 2.75) is 65.3 Å². The highest BCUT2D eigenvalue weighted by molar-refractivity contribution is 5.54. The van der Waals surface area contributed by atoms with Gasteiger partial charge in [0.05, 0.1) is 0 Å². The molecule has 0 radical (unpaired) electrons. The molecule has 0 amide bonds. The largest absolute Gasteiger partial charge is 0.382 e. The fraction of sp³-hybridized carbons (Fsp3) is 0.667. The number of para-hydroxylation sites is 1. The van der Waals surface area contributed by atoms with Gasteiger partial charge in [0, 0.05) is 11.7 Å². The smallest absolute Gasteiger partial charge is 0.0380 e. The van der Waals surface area contributed by atoms with Crippen molar-refractivity contribution in [1.82, 2.24) is 0 Å². The summed E-state index contributed by atoms with van der Waals surface area (Å²) in [4.78, 5) is 0. The number of nitrogens with one attached hydrogen (secondary N) is 1. The van der Waals surface area contributed by atoms with Crippen LogP contribution < -0.4 is 5.32 Å². The van der Waals surface area contributed by atoms with E-state index >= 15 is 0 Å². The van der Waals surface area contributed by atoms with Crippen molar-refractivity contribution in [2.75, 3.05) is 5.32 Å². The van der Waals surface area contributed by atoms with E-state index in [0.29, 0.717) is 6.04 Å². The molecule has 2 rings (SSSR count). The molecule has 0 heterocycles. The average Bonchev–Trinajstić information content (AvgIpc) is 2.33. The first-order valence-electron chi connectivity index (χ1n) is 7.74. The van der Waals surface area contributed by atoms with Gasteiger partial charge in [-0.05, 0) is 48.1 Å². The summed E-state index contributed by atoms with van der Waals surface area (Å²) in [5, 5.41) is 3.81. The second-order valence-electron chi connectivity index (χ2n) is 7.40. The molecule has 0 aliphatic heterocycles. The minimum atomic E-state index is 0.206. The Morgan fingerprint density at radius 3 is 2.32 bits per heavy atom. The van der Waals surface area contributed by atoms with Gasteiger partial charge in [-0.1, -0.05) is 52.8 Å². The molecule has 1 heteroatoms. The molecular weight excluding hydrogens is 230 g/mol. The molecule has 1 nitrogen and oxygen atoms in total. The van der Waals surface area contributed by atoms with Crippen molar-refractivity contribution in [1.29, 1.82) is 0 Å². The van der Waals surface area contributed by atoms with Gasteiger partial charge in [-0.2, -0.15) is 0 Å². The maximum Gasteiger partial charge on any atom is 0.0380 e. The van der Waals surface area contributed by atoms with Gasteiger partial charge < -0.3 is 5.32 Å². The topological polar surface area (TPSA) is 12.0 Å². The van der Waals surface area contributed by atoms with E-state index in [4.69, 9.17) is 0 Å². The van der Waals surface area contributed by atoms with E-state index in [9.17, 15) is 0 Å². The van der Waals surface area contributed by atoms with Crippen molar-refractivity contribution in [2.24, 2.45) is 11.8 Å². The normalized spacial score (nSPS) is 28.2. The van der Waals surface area contributed by atoms with E-state index in [2.05, 4.69) is 64.2 Å². The molecule has 1 aromatic rings. The van der Waals surface area contributed by atoms with Crippen LogP contribution in [0.4, 0.5) is 5.69 Å². The summed E-state index contributed by atoms with van der Waals surface area (Å²) in [5.41, 5.74) is 2.97. The van der Waals surface area contributed by atoms with Crippen LogP contribution in [0.25, 0.3) is 0 Å². The van der Waals surface area contributed by atoms with Gasteiger partial charge in [0.1, 0.15) is 0 Å². The van der Waals surface area contributed by atoms with Crippen LogP contribution in [0.3, 0.4) is 0 Å². The van der Waals surface area contributed by atoms with Crippen LogP contribution in [0, 0.1) is 11.8 Å². The molecule has 1 aromatic carbocycles. The molecule has 3 unspecified atom stereocenters. The lowest BCUT2D eigenvalue weighted by Gasteiger charge is -2.34. The van der Waals surface area contributed by atoms with Crippen molar-refractivity contribution < 1.29 is 0 Å². The maximum atomic E-state index is 3.81. The zero-order valence-corrected chi connectivity index (χ0v) is 13.2. The van der Waals surface area contributed by atoms with E-state index in [-0.39, 0.29) is 5.41 Å². The molecule has 19 heavy (non-hydrogen) atoms. The lowest BCUT2D eigenvalue weighted by molar-refractivity contribution is 0.260. The third kappa shape index (κ3) is 3.52. The molecule has 1 fully saturated rings. The Bertz CT molecular complexity index is 416. The predicted octanol–water partition coefficient (Wildman–Crippen LogP) is 5.22. The molecule has 0 spiro atoms. The number of anilines is 1. The predicted molar refractivity (Wildman–Crippen MR) is 84.7 cm³/mol. The van der Waals surface area contributed by atoms with Gasteiger partial charge in [0.15, 0.2) is 0 Å². The minimum Gasteiger partial charge on any atom is -0.382 e. The number of rotatable bonds is 2. The molecule has 1 aliphatic rings. The zero-order chi connectivity index (χ0) is 14.0. The first kappa shape index (κ1) is 14.4. The number of hydrogen-bond donors (Lipinski definition) is 1. The first-order chi connectivity index (χ1) is 8.88. The van der Waals surface area contributed by atoms with Gasteiger partial charge in [-0.15, -0.1) is 0 Å². The van der Waals surface area contributed by atoms with Crippen molar-refractivity contribution in [3.8, 4) is 0 Å². The molecule has 3 atom stereocenters. The Morgan fingerprint density at radius 1 is 1.00 bits per heavy atom. The summed E-state index contributed by atoms with van der Waals surface area (Å²) >= 11 is 0. The van der Waals surface area contributed by atoms with E-state index in [1.54, 1.807) is 0 Å². The second-order valence-corrected chi connectivity index (χ2v) is 7.40. The Morgan fingerprint density at radius 2 is 1.68 bits per heavy atom. The summed E-state index contributed by atoms with van der Waals surface area (Å²) in [7, 11) is 0. The molecule has 0 saturated heterocycles. The fourth-order valence-corrected chi connectivity index (χ4v) is 3.16. The van der Waals surface area contributed by atoms with Gasteiger partial charge >= 0.3 is 0 Å². The van der Waals surface area contributed by atoms with Gasteiger partial charge in [0.25, 0.3) is 0 Å². The number of hydrogen-bond acceptors (Lipinski definition) is 1. The molecule has 1 N–H and O–H groups in total. The first-order valence-corrected chi connectivity index (χ1v) is 7.74. The van der Waals surface area contributed by atoms with E-state index in [1.165, 1.54) is 30.5 Å². The standard InChI is InChI=1S/C18H29N/c1-13-10-11-15(12-14(13)2)19-17-9-7-6-8-16(17)18(3,4)5/h6-9,13-15,19H,10-12H2,1-5H3. The molecule has 1 aliphatic carbocycles. The lowest BCUT2D eigenvalue weighted by Crippen LogP contribution is -2.31. The Hall–Kier alpha value is -0.980. The monoisotopic (exact) mass is 259 g/mol. The summed E-state index contributed by atoms with van der Waals surface area (Å²) in [6, 6.07) is 9.44. The van der Waals surface area contributed by atoms with E-state index in [1.807, 2.05) is 0 Å². The van der Waals surface area contributed by atoms with Crippen LogP contribution >= 0.6 is 0 Å². The molecule has 0 bridgehead atoms. The van der Waals surface area contributed by atoms with Crippen molar-refractivity contribution >= 4 is 5.69 Å². The molecular formula is C18H29N. The van der Waals surface area contributed by atoms with Crippen molar-refractivity contribution in [3.05, 3.63) is 29.8 Å². The highest BCUT2D eigenvalue weighted by Gasteiger charge is 2.25. The highest BCUT2D eigenvalue weighted by Crippen LogP contribution is 2.34. The summed E-state index contributed by atoms with van der Waals surface area (Å²) in [6.45, 7) is 11.7. The summed E-state index contributed by atoms with van der Waals surface area (Å²) in [5.74, 6) is 1.73. The molecule has 1 saturated carbocycles. The Labute approximate surface area is 118 Å². The van der Waals surface area contributed by atoms with Crippen LogP contribution in [-0.2, 0) is 5.41 Å². The summed E-state index contributed by atoms with van der Waals surface area (Å²) < 4.78 is 0. The Kier molecular flexibility index (Phi) is 4.23. The minimum absolute atomic E-state index is 0.206. The SMILES string of the molecule is CC1CCC(Nc2ccccc2C(C)(C)C)CC1C. The maximum absolute atomic E-state index is 3.81. The van der Waals surface area contributed by atoms with Crippen molar-refractivity contribution in [3.63, 3.8) is 0 Å². The van der Waals surface area contributed by atoms with E-state index in [0.717, 1.165) is 11.8 Å². The highest BCUT2D eigenvalue weighted by atomic mass is 14.9. The van der Waals surface area contributed by atoms with Gasteiger partial charge in [-0.25, -0.2) is 0 Å². The van der Waals surface area contributed by atoms with Crippen LogP contribution in [0.1, 0.15) is 59.4 Å². The molecule has 0 aromatic heterocycles. The quantitative estimate of drug-likeness (QED) is 0.767. The van der Waals surface area contributed by atoms with Crippen LogP contribution in [0.5, 0.6) is 0 Å². The van der Waals surface area contributed by atoms with Crippen LogP contribution in [0.15, 0.2) is 24.3 Å². The Balaban J connectivity index is 2.12. The van der Waals surface area contributed by atoms with E-state index < -0.39 is 0 Å². The van der Waals surface area contributed by atoms with Crippen LogP contribution in [0.2, 0.25) is 0 Å². The van der Waals surface area contributed by atoms with Gasteiger partial charge in [0.2, 0.25) is 0 Å². The zero-order valence-electron chi connectivity index (χ0n) is 13.2.